The van der Waals surface area contributed by atoms with E-state index in [1.807, 2.05) is 0 Å². The van der Waals surface area contributed by atoms with Gasteiger partial charge in [0.05, 0.1) is 0 Å². The van der Waals surface area contributed by atoms with Crippen LogP contribution in [0.3, 0.4) is 0 Å². The van der Waals surface area contributed by atoms with E-state index in [1.165, 1.54) is 12.1 Å². The fourth-order valence-electron chi connectivity index (χ4n) is 1.12. The predicted molar refractivity (Wildman–Crippen MR) is 49.0 cm³/mol. The number of benzene rings is 1. The first-order valence-electron chi connectivity index (χ1n) is 3.99. The Morgan fingerprint density at radius 1 is 1.36 bits per heavy atom. The lowest BCUT2D eigenvalue weighted by molar-refractivity contribution is 0.128. The molecular weight excluding hydrogens is 215 g/mol. The van der Waals surface area contributed by atoms with E-state index in [0.29, 0.717) is 0 Å². The van der Waals surface area contributed by atoms with Crippen LogP contribution in [-0.4, -0.2) is 6.43 Å². The van der Waals surface area contributed by atoms with Gasteiger partial charge in [0.15, 0.2) is 0 Å². The van der Waals surface area contributed by atoms with E-state index in [0.717, 1.165) is 6.07 Å². The summed E-state index contributed by atoms with van der Waals surface area (Å²) in [5.41, 5.74) is 5.41. The zero-order chi connectivity index (χ0) is 10.7. The summed E-state index contributed by atoms with van der Waals surface area (Å²) < 4.78 is 37.0. The molecule has 0 radical (unpaired) electrons. The number of halogens is 4. The molecule has 1 nitrogen and oxygen atoms in total. The van der Waals surface area contributed by atoms with Crippen molar-refractivity contribution in [3.63, 3.8) is 0 Å². The summed E-state index contributed by atoms with van der Waals surface area (Å²) in [5, 5.41) is 0.283. The van der Waals surface area contributed by atoms with Crippen LogP contribution in [-0.2, 0) is 0 Å². The highest BCUT2D eigenvalue weighted by molar-refractivity contribution is 6.30. The van der Waals surface area contributed by atoms with E-state index < -0.39 is 24.7 Å². The molecule has 1 aromatic rings. The quantitative estimate of drug-likeness (QED) is 0.837. The SMILES string of the molecule is N[C@@H](CC(F)F)c1cc(Cl)ccc1F. The van der Waals surface area contributed by atoms with Crippen LogP contribution in [0.5, 0.6) is 0 Å². The lowest BCUT2D eigenvalue weighted by atomic mass is 10.0. The molecule has 0 aliphatic rings. The molecule has 0 spiro atoms. The first-order valence-corrected chi connectivity index (χ1v) is 4.37. The van der Waals surface area contributed by atoms with Gasteiger partial charge in [-0.25, -0.2) is 13.2 Å². The third kappa shape index (κ3) is 2.89. The van der Waals surface area contributed by atoms with Gasteiger partial charge in [0.1, 0.15) is 5.82 Å². The molecule has 2 N–H and O–H groups in total. The molecule has 14 heavy (non-hydrogen) atoms. The van der Waals surface area contributed by atoms with Crippen LogP contribution in [0.4, 0.5) is 13.2 Å². The van der Waals surface area contributed by atoms with Crippen molar-refractivity contribution < 1.29 is 13.2 Å². The van der Waals surface area contributed by atoms with Crippen LogP contribution in [0, 0.1) is 5.82 Å². The minimum absolute atomic E-state index is 0.0257. The second kappa shape index (κ2) is 4.66. The molecule has 0 aliphatic heterocycles. The van der Waals surface area contributed by atoms with Crippen molar-refractivity contribution >= 4 is 11.6 Å². The maximum Gasteiger partial charge on any atom is 0.240 e. The summed E-state index contributed by atoms with van der Waals surface area (Å²) >= 11 is 5.59. The fraction of sp³-hybridized carbons (Fsp3) is 0.333. The standard InChI is InChI=1S/C9H9ClF3N/c10-5-1-2-7(11)6(3-5)8(14)4-9(12)13/h1-3,8-9H,4,14H2/t8-/m0/s1. The summed E-state index contributed by atoms with van der Waals surface area (Å²) in [7, 11) is 0. The Kier molecular flexibility index (Phi) is 3.77. The van der Waals surface area contributed by atoms with Crippen molar-refractivity contribution in [3.05, 3.63) is 34.6 Å². The molecule has 0 amide bonds. The van der Waals surface area contributed by atoms with Crippen molar-refractivity contribution in [2.24, 2.45) is 5.73 Å². The maximum absolute atomic E-state index is 13.1. The van der Waals surface area contributed by atoms with Crippen molar-refractivity contribution in [3.8, 4) is 0 Å². The number of hydrogen-bond donors (Lipinski definition) is 1. The molecule has 0 bridgehead atoms. The number of rotatable bonds is 3. The van der Waals surface area contributed by atoms with Gasteiger partial charge in [-0.3, -0.25) is 0 Å². The summed E-state index contributed by atoms with van der Waals surface area (Å²) in [5.74, 6) is -0.609. The normalized spacial score (nSPS) is 13.3. The van der Waals surface area contributed by atoms with E-state index in [2.05, 4.69) is 0 Å². The Morgan fingerprint density at radius 2 is 2.00 bits per heavy atom. The largest absolute Gasteiger partial charge is 0.324 e. The molecule has 0 unspecified atom stereocenters. The van der Waals surface area contributed by atoms with E-state index in [1.54, 1.807) is 0 Å². The Bertz CT molecular complexity index is 317. The Morgan fingerprint density at radius 3 is 2.57 bits per heavy atom. The van der Waals surface area contributed by atoms with Gasteiger partial charge >= 0.3 is 0 Å². The lowest BCUT2D eigenvalue weighted by Gasteiger charge is -2.12. The summed E-state index contributed by atoms with van der Waals surface area (Å²) in [6.07, 6.45) is -3.12. The molecular formula is C9H9ClF3N. The van der Waals surface area contributed by atoms with Gasteiger partial charge in [-0.05, 0) is 18.2 Å². The van der Waals surface area contributed by atoms with Crippen LogP contribution >= 0.6 is 11.6 Å². The first kappa shape index (κ1) is 11.3. The van der Waals surface area contributed by atoms with Crippen molar-refractivity contribution in [2.75, 3.05) is 0 Å². The molecule has 78 valence electrons. The second-order valence-corrected chi connectivity index (χ2v) is 3.34. The van der Waals surface area contributed by atoms with Gasteiger partial charge in [-0.2, -0.15) is 0 Å². The van der Waals surface area contributed by atoms with Gasteiger partial charge < -0.3 is 5.73 Å². The molecule has 0 aromatic heterocycles. The van der Waals surface area contributed by atoms with Crippen LogP contribution in [0.2, 0.25) is 5.02 Å². The third-order valence-electron chi connectivity index (χ3n) is 1.79. The highest BCUT2D eigenvalue weighted by atomic mass is 35.5. The van der Waals surface area contributed by atoms with Crippen molar-refractivity contribution in [1.29, 1.82) is 0 Å². The van der Waals surface area contributed by atoms with E-state index in [-0.39, 0.29) is 10.6 Å². The molecule has 1 atom stereocenters. The zero-order valence-electron chi connectivity index (χ0n) is 7.18. The molecule has 0 aliphatic carbocycles. The van der Waals surface area contributed by atoms with Crippen LogP contribution < -0.4 is 5.73 Å². The molecule has 0 saturated carbocycles. The van der Waals surface area contributed by atoms with Gasteiger partial charge in [0.2, 0.25) is 6.43 Å². The second-order valence-electron chi connectivity index (χ2n) is 2.90. The number of hydrogen-bond acceptors (Lipinski definition) is 1. The molecule has 1 rings (SSSR count). The zero-order valence-corrected chi connectivity index (χ0v) is 7.94. The van der Waals surface area contributed by atoms with E-state index in [4.69, 9.17) is 17.3 Å². The molecule has 0 heterocycles. The fourth-order valence-corrected chi connectivity index (χ4v) is 1.30. The Labute approximate surface area is 84.7 Å². The van der Waals surface area contributed by atoms with E-state index >= 15 is 0 Å². The third-order valence-corrected chi connectivity index (χ3v) is 2.02. The number of alkyl halides is 2. The van der Waals surface area contributed by atoms with Gasteiger partial charge in [-0.15, -0.1) is 0 Å². The average molecular weight is 224 g/mol. The first-order chi connectivity index (χ1) is 6.50. The predicted octanol–water partition coefficient (Wildman–Crippen LogP) is 3.13. The molecule has 0 fully saturated rings. The van der Waals surface area contributed by atoms with E-state index in [9.17, 15) is 13.2 Å². The summed E-state index contributed by atoms with van der Waals surface area (Å²) in [6, 6.07) is 2.70. The number of nitrogens with two attached hydrogens (primary N) is 1. The smallest absolute Gasteiger partial charge is 0.240 e. The van der Waals surface area contributed by atoms with Crippen molar-refractivity contribution in [1.82, 2.24) is 0 Å². The van der Waals surface area contributed by atoms with Gasteiger partial charge in [0.25, 0.3) is 0 Å². The van der Waals surface area contributed by atoms with Gasteiger partial charge in [0, 0.05) is 23.0 Å². The average Bonchev–Trinajstić information content (AvgIpc) is 2.08. The minimum atomic E-state index is -2.55. The Hall–Kier alpha value is -0.740. The monoisotopic (exact) mass is 223 g/mol. The molecule has 1 aromatic carbocycles. The highest BCUT2D eigenvalue weighted by Crippen LogP contribution is 2.23. The van der Waals surface area contributed by atoms with Gasteiger partial charge in [-0.1, -0.05) is 11.6 Å². The maximum atomic E-state index is 13.1. The summed E-state index contributed by atoms with van der Waals surface area (Å²) in [6.45, 7) is 0. The Balaban J connectivity index is 2.88. The topological polar surface area (TPSA) is 26.0 Å². The van der Waals surface area contributed by atoms with Crippen LogP contribution in [0.1, 0.15) is 18.0 Å². The minimum Gasteiger partial charge on any atom is -0.324 e. The highest BCUT2D eigenvalue weighted by Gasteiger charge is 2.16. The van der Waals surface area contributed by atoms with Crippen molar-refractivity contribution in [2.45, 2.75) is 18.9 Å². The van der Waals surface area contributed by atoms with Crippen LogP contribution in [0.15, 0.2) is 18.2 Å². The summed E-state index contributed by atoms with van der Waals surface area (Å²) in [4.78, 5) is 0. The lowest BCUT2D eigenvalue weighted by Crippen LogP contribution is -2.15. The van der Waals surface area contributed by atoms with Crippen LogP contribution in [0.25, 0.3) is 0 Å². The molecule has 5 heteroatoms. The molecule has 0 saturated heterocycles.